The first kappa shape index (κ1) is 13.4. The topological polar surface area (TPSA) is 67.2 Å². The second-order valence-electron chi connectivity index (χ2n) is 4.58. The number of carbonyl (C=O) groups excluding carboxylic acids is 1. The van der Waals surface area contributed by atoms with Gasteiger partial charge in [-0.1, -0.05) is 22.4 Å². The number of carbonyl (C=O) groups is 1. The third kappa shape index (κ3) is 3.46. The highest BCUT2D eigenvalue weighted by molar-refractivity contribution is 9.10. The van der Waals surface area contributed by atoms with Gasteiger partial charge in [0.25, 0.3) is 5.91 Å². The van der Waals surface area contributed by atoms with E-state index in [0.717, 1.165) is 23.2 Å². The van der Waals surface area contributed by atoms with Gasteiger partial charge in [-0.05, 0) is 37.6 Å². The number of hydrogen-bond donors (Lipinski definition) is 3. The van der Waals surface area contributed by atoms with Crippen LogP contribution in [0.4, 0.5) is 5.69 Å². The number of piperidine rings is 1. The first-order valence-electron chi connectivity index (χ1n) is 6.23. The van der Waals surface area contributed by atoms with Gasteiger partial charge in [0.05, 0.1) is 5.56 Å². The molecule has 0 aromatic heterocycles. The molecule has 2 rings (SSSR count). The van der Waals surface area contributed by atoms with Crippen LogP contribution in [-0.2, 0) is 0 Å². The predicted octanol–water partition coefficient (Wildman–Crippen LogP) is 2.10. The van der Waals surface area contributed by atoms with Crippen molar-refractivity contribution >= 4 is 27.5 Å². The van der Waals surface area contributed by atoms with Crippen LogP contribution in [0.25, 0.3) is 0 Å². The van der Waals surface area contributed by atoms with Crippen molar-refractivity contribution in [2.24, 2.45) is 5.73 Å². The molecule has 1 aromatic carbocycles. The summed E-state index contributed by atoms with van der Waals surface area (Å²) in [5, 5.41) is 6.77. The number of nitrogens with two attached hydrogens (primary N) is 1. The fourth-order valence-electron chi connectivity index (χ4n) is 2.21. The van der Waals surface area contributed by atoms with Gasteiger partial charge in [0.15, 0.2) is 0 Å². The molecule has 1 amide bonds. The normalized spacial score (nSPS) is 19.5. The van der Waals surface area contributed by atoms with Crippen molar-refractivity contribution in [3.05, 3.63) is 28.2 Å². The van der Waals surface area contributed by atoms with Crippen molar-refractivity contribution < 1.29 is 4.79 Å². The Bertz CT molecular complexity index is 430. The minimum Gasteiger partial charge on any atom is -0.383 e. The van der Waals surface area contributed by atoms with Crippen LogP contribution in [0.3, 0.4) is 0 Å². The zero-order valence-corrected chi connectivity index (χ0v) is 11.8. The molecule has 0 aliphatic carbocycles. The lowest BCUT2D eigenvalue weighted by molar-refractivity contribution is 0.100. The van der Waals surface area contributed by atoms with E-state index in [-0.39, 0.29) is 0 Å². The highest BCUT2D eigenvalue weighted by Gasteiger charge is 2.14. The van der Waals surface area contributed by atoms with Gasteiger partial charge in [-0.15, -0.1) is 0 Å². The molecule has 0 spiro atoms. The van der Waals surface area contributed by atoms with Crippen LogP contribution in [0, 0.1) is 0 Å². The molecule has 1 saturated heterocycles. The summed E-state index contributed by atoms with van der Waals surface area (Å²) in [6, 6.07) is 6.01. The van der Waals surface area contributed by atoms with Crippen LogP contribution >= 0.6 is 15.9 Å². The number of nitrogens with one attached hydrogen (secondary N) is 2. The van der Waals surface area contributed by atoms with Gasteiger partial charge in [-0.2, -0.15) is 0 Å². The Morgan fingerprint density at radius 1 is 1.50 bits per heavy atom. The zero-order chi connectivity index (χ0) is 13.0. The summed E-state index contributed by atoms with van der Waals surface area (Å²) in [5.41, 5.74) is 6.71. The molecule has 98 valence electrons. The molecule has 5 heteroatoms. The van der Waals surface area contributed by atoms with E-state index in [2.05, 4.69) is 26.6 Å². The van der Waals surface area contributed by atoms with E-state index in [1.807, 2.05) is 12.1 Å². The quantitative estimate of drug-likeness (QED) is 0.797. The van der Waals surface area contributed by atoms with Gasteiger partial charge < -0.3 is 16.4 Å². The van der Waals surface area contributed by atoms with E-state index < -0.39 is 5.91 Å². The van der Waals surface area contributed by atoms with Gasteiger partial charge >= 0.3 is 0 Å². The van der Waals surface area contributed by atoms with Gasteiger partial charge in [0, 0.05) is 22.7 Å². The Kier molecular flexibility index (Phi) is 4.60. The Balaban J connectivity index is 2.01. The molecule has 4 N–H and O–H groups in total. The SMILES string of the molecule is NC(=O)c1cc(Br)ccc1NCC1CCCCN1. The number of hydrogen-bond acceptors (Lipinski definition) is 3. The van der Waals surface area contributed by atoms with E-state index in [9.17, 15) is 4.79 Å². The van der Waals surface area contributed by atoms with Crippen molar-refractivity contribution in [2.75, 3.05) is 18.4 Å². The van der Waals surface area contributed by atoms with Crippen molar-refractivity contribution in [1.29, 1.82) is 0 Å². The average Bonchev–Trinajstić information content (AvgIpc) is 2.38. The molecule has 1 heterocycles. The molecule has 0 radical (unpaired) electrons. The number of anilines is 1. The fraction of sp³-hybridized carbons (Fsp3) is 0.462. The van der Waals surface area contributed by atoms with Crippen molar-refractivity contribution in [2.45, 2.75) is 25.3 Å². The molecule has 1 atom stereocenters. The molecule has 18 heavy (non-hydrogen) atoms. The number of primary amides is 1. The van der Waals surface area contributed by atoms with Crippen LogP contribution in [0.5, 0.6) is 0 Å². The fourth-order valence-corrected chi connectivity index (χ4v) is 2.57. The maximum Gasteiger partial charge on any atom is 0.250 e. The molecular weight excluding hydrogens is 294 g/mol. The lowest BCUT2D eigenvalue weighted by atomic mass is 10.0. The number of amides is 1. The Hall–Kier alpha value is -1.07. The maximum atomic E-state index is 11.4. The second-order valence-corrected chi connectivity index (χ2v) is 5.50. The number of benzene rings is 1. The monoisotopic (exact) mass is 311 g/mol. The van der Waals surface area contributed by atoms with Crippen LogP contribution in [0.1, 0.15) is 29.6 Å². The van der Waals surface area contributed by atoms with E-state index in [1.54, 1.807) is 6.07 Å². The third-order valence-electron chi connectivity index (χ3n) is 3.20. The maximum absolute atomic E-state index is 11.4. The lowest BCUT2D eigenvalue weighted by Gasteiger charge is -2.24. The largest absolute Gasteiger partial charge is 0.383 e. The van der Waals surface area contributed by atoms with Crippen molar-refractivity contribution in [3.8, 4) is 0 Å². The standard InChI is InChI=1S/C13H18BrN3O/c14-9-4-5-12(11(7-9)13(15)18)17-8-10-3-1-2-6-16-10/h4-5,7,10,16-17H,1-3,6,8H2,(H2,15,18). The van der Waals surface area contributed by atoms with Crippen LogP contribution in [0.15, 0.2) is 22.7 Å². The molecular formula is C13H18BrN3O. The smallest absolute Gasteiger partial charge is 0.250 e. The summed E-state index contributed by atoms with van der Waals surface area (Å²) in [6.45, 7) is 1.90. The average molecular weight is 312 g/mol. The Morgan fingerprint density at radius 3 is 3.00 bits per heavy atom. The van der Waals surface area contributed by atoms with Crippen molar-refractivity contribution in [1.82, 2.24) is 5.32 Å². The Morgan fingerprint density at radius 2 is 2.33 bits per heavy atom. The molecule has 1 aliphatic heterocycles. The number of rotatable bonds is 4. The molecule has 1 aliphatic rings. The van der Waals surface area contributed by atoms with Gasteiger partial charge in [0.2, 0.25) is 0 Å². The molecule has 1 aromatic rings. The van der Waals surface area contributed by atoms with E-state index in [0.29, 0.717) is 11.6 Å². The summed E-state index contributed by atoms with van der Waals surface area (Å²) in [4.78, 5) is 11.4. The van der Waals surface area contributed by atoms with Crippen LogP contribution < -0.4 is 16.4 Å². The first-order valence-corrected chi connectivity index (χ1v) is 7.03. The Labute approximate surface area is 115 Å². The highest BCUT2D eigenvalue weighted by atomic mass is 79.9. The summed E-state index contributed by atoms with van der Waals surface area (Å²) >= 11 is 3.34. The van der Waals surface area contributed by atoms with E-state index in [4.69, 9.17) is 5.73 Å². The molecule has 1 unspecified atom stereocenters. The van der Waals surface area contributed by atoms with E-state index >= 15 is 0 Å². The third-order valence-corrected chi connectivity index (χ3v) is 3.69. The molecule has 4 nitrogen and oxygen atoms in total. The highest BCUT2D eigenvalue weighted by Crippen LogP contribution is 2.21. The van der Waals surface area contributed by atoms with E-state index in [1.165, 1.54) is 19.3 Å². The lowest BCUT2D eigenvalue weighted by Crippen LogP contribution is -2.39. The van der Waals surface area contributed by atoms with Crippen molar-refractivity contribution in [3.63, 3.8) is 0 Å². The first-order chi connectivity index (χ1) is 8.66. The minimum absolute atomic E-state index is 0.407. The molecule has 0 bridgehead atoms. The number of halogens is 1. The van der Waals surface area contributed by atoms with Crippen LogP contribution in [0.2, 0.25) is 0 Å². The van der Waals surface area contributed by atoms with Gasteiger partial charge in [-0.3, -0.25) is 4.79 Å². The van der Waals surface area contributed by atoms with Gasteiger partial charge in [0.1, 0.15) is 0 Å². The molecule has 1 fully saturated rings. The summed E-state index contributed by atoms with van der Waals surface area (Å²) in [7, 11) is 0. The van der Waals surface area contributed by atoms with Gasteiger partial charge in [-0.25, -0.2) is 0 Å². The van der Waals surface area contributed by atoms with Crippen LogP contribution in [-0.4, -0.2) is 25.0 Å². The zero-order valence-electron chi connectivity index (χ0n) is 10.2. The minimum atomic E-state index is -0.407. The second kappa shape index (κ2) is 6.20. The summed E-state index contributed by atoms with van der Waals surface area (Å²) in [5.74, 6) is -0.407. The summed E-state index contributed by atoms with van der Waals surface area (Å²) in [6.07, 6.45) is 3.69. The molecule has 0 saturated carbocycles. The summed E-state index contributed by atoms with van der Waals surface area (Å²) < 4.78 is 0.859. The predicted molar refractivity (Wildman–Crippen MR) is 76.8 cm³/mol.